The molecule has 0 saturated carbocycles. The van der Waals surface area contributed by atoms with Crippen LogP contribution in [-0.2, 0) is 17.6 Å². The molecule has 0 aliphatic carbocycles. The van der Waals surface area contributed by atoms with Crippen LogP contribution in [-0.4, -0.2) is 37.6 Å². The Morgan fingerprint density at radius 2 is 1.44 bits per heavy atom. The monoisotopic (exact) mass is 344 g/mol. The van der Waals surface area contributed by atoms with Crippen LogP contribution < -0.4 is 9.47 Å². The van der Waals surface area contributed by atoms with Gasteiger partial charge < -0.3 is 24.4 Å². The van der Waals surface area contributed by atoms with Gasteiger partial charge in [-0.25, -0.2) is 0 Å². The van der Waals surface area contributed by atoms with Crippen LogP contribution in [0.4, 0.5) is 0 Å². The van der Waals surface area contributed by atoms with E-state index in [1.165, 1.54) is 11.6 Å². The van der Waals surface area contributed by atoms with Gasteiger partial charge in [0.05, 0.1) is 27.4 Å². The molecule has 134 valence electrons. The lowest BCUT2D eigenvalue weighted by Crippen LogP contribution is -2.17. The van der Waals surface area contributed by atoms with E-state index in [1.54, 1.807) is 20.3 Å². The molecule has 0 spiro atoms. The SMILES string of the molecule is COc1ccc(C[C@H]2COC[C@@H]2Cc2ccc(O)c(O)c2)cc1OC. The molecule has 0 amide bonds. The zero-order valence-corrected chi connectivity index (χ0v) is 14.6. The van der Waals surface area contributed by atoms with Gasteiger partial charge in [-0.1, -0.05) is 12.1 Å². The molecule has 1 fully saturated rings. The molecule has 1 saturated heterocycles. The number of hydrogen-bond acceptors (Lipinski definition) is 5. The second-order valence-electron chi connectivity index (χ2n) is 6.48. The number of methoxy groups -OCH3 is 2. The maximum atomic E-state index is 9.68. The van der Waals surface area contributed by atoms with Gasteiger partial charge in [-0.2, -0.15) is 0 Å². The first kappa shape index (κ1) is 17.4. The highest BCUT2D eigenvalue weighted by atomic mass is 16.5. The van der Waals surface area contributed by atoms with Crippen molar-refractivity contribution in [1.29, 1.82) is 0 Å². The fourth-order valence-electron chi connectivity index (χ4n) is 3.40. The first-order chi connectivity index (χ1) is 12.1. The van der Waals surface area contributed by atoms with E-state index in [4.69, 9.17) is 14.2 Å². The third-order valence-corrected chi connectivity index (χ3v) is 4.81. The van der Waals surface area contributed by atoms with Crippen molar-refractivity contribution < 1.29 is 24.4 Å². The summed E-state index contributed by atoms with van der Waals surface area (Å²) < 4.78 is 16.4. The van der Waals surface area contributed by atoms with Crippen LogP contribution in [0.5, 0.6) is 23.0 Å². The quantitative estimate of drug-likeness (QED) is 0.788. The zero-order valence-electron chi connectivity index (χ0n) is 14.6. The number of aromatic hydroxyl groups is 2. The van der Waals surface area contributed by atoms with Crippen LogP contribution in [0, 0.1) is 11.8 Å². The lowest BCUT2D eigenvalue weighted by atomic mass is 9.85. The highest BCUT2D eigenvalue weighted by Gasteiger charge is 2.29. The largest absolute Gasteiger partial charge is 0.504 e. The maximum Gasteiger partial charge on any atom is 0.160 e. The summed E-state index contributed by atoms with van der Waals surface area (Å²) >= 11 is 0. The molecule has 3 rings (SSSR count). The van der Waals surface area contributed by atoms with E-state index < -0.39 is 0 Å². The van der Waals surface area contributed by atoms with E-state index in [-0.39, 0.29) is 11.5 Å². The number of benzene rings is 2. The summed E-state index contributed by atoms with van der Waals surface area (Å²) in [4.78, 5) is 0. The number of phenolic OH excluding ortho intramolecular Hbond substituents is 2. The Balaban J connectivity index is 1.70. The highest BCUT2D eigenvalue weighted by molar-refractivity contribution is 5.43. The summed E-state index contributed by atoms with van der Waals surface area (Å²) in [5, 5.41) is 19.1. The summed E-state index contributed by atoms with van der Waals surface area (Å²) in [6.07, 6.45) is 1.71. The first-order valence-corrected chi connectivity index (χ1v) is 8.40. The van der Waals surface area contributed by atoms with Gasteiger partial charge in [0.25, 0.3) is 0 Å². The Morgan fingerprint density at radius 1 is 0.840 bits per heavy atom. The van der Waals surface area contributed by atoms with E-state index in [9.17, 15) is 10.2 Å². The van der Waals surface area contributed by atoms with Gasteiger partial charge in [-0.05, 0) is 60.1 Å². The normalized spacial score (nSPS) is 19.8. The highest BCUT2D eigenvalue weighted by Crippen LogP contribution is 2.33. The van der Waals surface area contributed by atoms with Gasteiger partial charge in [-0.15, -0.1) is 0 Å². The molecule has 2 atom stereocenters. The molecule has 2 N–H and O–H groups in total. The first-order valence-electron chi connectivity index (χ1n) is 8.40. The molecule has 0 unspecified atom stereocenters. The van der Waals surface area contributed by atoms with Crippen molar-refractivity contribution in [3.63, 3.8) is 0 Å². The van der Waals surface area contributed by atoms with Crippen molar-refractivity contribution in [2.24, 2.45) is 11.8 Å². The second kappa shape index (κ2) is 7.66. The van der Waals surface area contributed by atoms with Gasteiger partial charge >= 0.3 is 0 Å². The van der Waals surface area contributed by atoms with Crippen molar-refractivity contribution in [3.8, 4) is 23.0 Å². The van der Waals surface area contributed by atoms with E-state index in [0.29, 0.717) is 18.4 Å². The van der Waals surface area contributed by atoms with Gasteiger partial charge in [0.1, 0.15) is 0 Å². The molecule has 2 aromatic rings. The molecule has 0 aromatic heterocycles. The van der Waals surface area contributed by atoms with Crippen LogP contribution in [0.2, 0.25) is 0 Å². The van der Waals surface area contributed by atoms with Crippen LogP contribution in [0.15, 0.2) is 36.4 Å². The van der Waals surface area contributed by atoms with Crippen LogP contribution >= 0.6 is 0 Å². The average Bonchev–Trinajstić information content (AvgIpc) is 3.04. The van der Waals surface area contributed by atoms with E-state index in [0.717, 1.165) is 36.5 Å². The average molecular weight is 344 g/mol. The van der Waals surface area contributed by atoms with Crippen LogP contribution in [0.25, 0.3) is 0 Å². The topological polar surface area (TPSA) is 68.2 Å². The number of rotatable bonds is 6. The smallest absolute Gasteiger partial charge is 0.160 e. The van der Waals surface area contributed by atoms with Gasteiger partial charge in [0.15, 0.2) is 23.0 Å². The molecular formula is C20H24O5. The van der Waals surface area contributed by atoms with E-state index in [2.05, 4.69) is 6.07 Å². The lowest BCUT2D eigenvalue weighted by molar-refractivity contribution is 0.180. The molecule has 25 heavy (non-hydrogen) atoms. The fourth-order valence-corrected chi connectivity index (χ4v) is 3.40. The van der Waals surface area contributed by atoms with Crippen molar-refractivity contribution in [1.82, 2.24) is 0 Å². The molecule has 1 aliphatic heterocycles. The molecule has 0 radical (unpaired) electrons. The Hall–Kier alpha value is -2.40. The van der Waals surface area contributed by atoms with Crippen molar-refractivity contribution in [3.05, 3.63) is 47.5 Å². The van der Waals surface area contributed by atoms with Crippen LogP contribution in [0.3, 0.4) is 0 Å². The van der Waals surface area contributed by atoms with Gasteiger partial charge in [0, 0.05) is 0 Å². The molecule has 1 aliphatic rings. The summed E-state index contributed by atoms with van der Waals surface area (Å²) in [7, 11) is 3.27. The van der Waals surface area contributed by atoms with Gasteiger partial charge in [0.2, 0.25) is 0 Å². The molecule has 2 aromatic carbocycles. The van der Waals surface area contributed by atoms with Crippen LogP contribution in [0.1, 0.15) is 11.1 Å². The summed E-state index contributed by atoms with van der Waals surface area (Å²) in [6.45, 7) is 1.43. The van der Waals surface area contributed by atoms with Crippen molar-refractivity contribution in [2.75, 3.05) is 27.4 Å². The fraction of sp³-hybridized carbons (Fsp3) is 0.400. The summed E-state index contributed by atoms with van der Waals surface area (Å²) in [5.74, 6) is 2.07. The van der Waals surface area contributed by atoms with Crippen molar-refractivity contribution >= 4 is 0 Å². The summed E-state index contributed by atoms with van der Waals surface area (Å²) in [5.41, 5.74) is 2.19. The standard InChI is InChI=1S/C20H24O5/c1-23-19-6-4-14(10-20(19)24-2)8-16-12-25-11-15(16)7-13-3-5-17(21)18(22)9-13/h3-6,9-10,15-16,21-22H,7-8,11-12H2,1-2H3/t15-,16-/m0/s1. The number of hydrogen-bond donors (Lipinski definition) is 2. The molecule has 5 heteroatoms. The third kappa shape index (κ3) is 3.99. The van der Waals surface area contributed by atoms with Gasteiger partial charge in [-0.3, -0.25) is 0 Å². The maximum absolute atomic E-state index is 9.68. The third-order valence-electron chi connectivity index (χ3n) is 4.81. The predicted molar refractivity (Wildman–Crippen MR) is 94.5 cm³/mol. The number of phenols is 2. The Kier molecular flexibility index (Phi) is 5.34. The van der Waals surface area contributed by atoms with Crippen molar-refractivity contribution in [2.45, 2.75) is 12.8 Å². The Bertz CT molecular complexity index is 728. The lowest BCUT2D eigenvalue weighted by Gasteiger charge is -2.19. The molecular weight excluding hydrogens is 320 g/mol. The zero-order chi connectivity index (χ0) is 17.8. The number of ether oxygens (including phenoxy) is 3. The minimum Gasteiger partial charge on any atom is -0.504 e. The van der Waals surface area contributed by atoms with E-state index in [1.807, 2.05) is 18.2 Å². The summed E-state index contributed by atoms with van der Waals surface area (Å²) in [6, 6.07) is 11.0. The molecule has 0 bridgehead atoms. The minimum atomic E-state index is -0.0895. The molecule has 5 nitrogen and oxygen atoms in total. The Labute approximate surface area is 147 Å². The Morgan fingerprint density at radius 3 is 2.04 bits per heavy atom. The predicted octanol–water partition coefficient (Wildman–Crippen LogP) is 3.16. The molecule has 1 heterocycles. The minimum absolute atomic E-state index is 0.0761. The second-order valence-corrected chi connectivity index (χ2v) is 6.48. The van der Waals surface area contributed by atoms with E-state index >= 15 is 0 Å².